The first-order chi connectivity index (χ1) is 6.97. The van der Waals surface area contributed by atoms with E-state index < -0.39 is 0 Å². The van der Waals surface area contributed by atoms with Crippen molar-refractivity contribution in [2.24, 2.45) is 11.3 Å². The second-order valence-corrected chi connectivity index (χ2v) is 5.52. The fourth-order valence-corrected chi connectivity index (χ4v) is 2.31. The summed E-state index contributed by atoms with van der Waals surface area (Å²) in [6.07, 6.45) is 6.65. The van der Waals surface area contributed by atoms with Crippen molar-refractivity contribution in [3.8, 4) is 0 Å². The molecule has 3 atom stereocenters. The molecular weight excluding hydrogens is 184 g/mol. The lowest BCUT2D eigenvalue weighted by Crippen LogP contribution is -2.24. The van der Waals surface area contributed by atoms with Crippen molar-refractivity contribution in [1.82, 2.24) is 0 Å². The van der Waals surface area contributed by atoms with Crippen LogP contribution in [0.2, 0.25) is 0 Å². The van der Waals surface area contributed by atoms with Crippen LogP contribution in [0.15, 0.2) is 0 Å². The normalized spacial score (nSPS) is 19.6. The highest BCUT2D eigenvalue weighted by atomic mass is 16.3. The number of hydrogen-bond acceptors (Lipinski definition) is 1. The maximum absolute atomic E-state index is 10.0. The van der Waals surface area contributed by atoms with Gasteiger partial charge < -0.3 is 5.11 Å². The SMILES string of the molecule is CCCC(C)(CC)CC(O)CC(C)CC. The Morgan fingerprint density at radius 2 is 1.80 bits per heavy atom. The molecule has 0 fully saturated rings. The molecule has 0 aliphatic heterocycles. The molecule has 0 rings (SSSR count). The van der Waals surface area contributed by atoms with Gasteiger partial charge in [-0.2, -0.15) is 0 Å². The molecule has 92 valence electrons. The number of aliphatic hydroxyl groups excluding tert-OH is 1. The van der Waals surface area contributed by atoms with Crippen LogP contribution in [-0.2, 0) is 0 Å². The van der Waals surface area contributed by atoms with E-state index in [-0.39, 0.29) is 6.10 Å². The van der Waals surface area contributed by atoms with Gasteiger partial charge in [-0.3, -0.25) is 0 Å². The average molecular weight is 214 g/mol. The van der Waals surface area contributed by atoms with Crippen LogP contribution in [0.4, 0.5) is 0 Å². The van der Waals surface area contributed by atoms with E-state index in [4.69, 9.17) is 0 Å². The largest absolute Gasteiger partial charge is 0.393 e. The number of rotatable bonds is 8. The maximum atomic E-state index is 10.0. The third kappa shape index (κ3) is 6.19. The molecule has 0 heterocycles. The van der Waals surface area contributed by atoms with E-state index in [0.717, 1.165) is 12.8 Å². The molecule has 3 unspecified atom stereocenters. The minimum Gasteiger partial charge on any atom is -0.393 e. The smallest absolute Gasteiger partial charge is 0.0548 e. The zero-order valence-corrected chi connectivity index (χ0v) is 11.3. The summed E-state index contributed by atoms with van der Waals surface area (Å²) in [4.78, 5) is 0. The van der Waals surface area contributed by atoms with Gasteiger partial charge >= 0.3 is 0 Å². The van der Waals surface area contributed by atoms with Crippen LogP contribution in [0.1, 0.15) is 73.1 Å². The fraction of sp³-hybridized carbons (Fsp3) is 1.00. The van der Waals surface area contributed by atoms with E-state index in [1.165, 1.54) is 25.7 Å². The van der Waals surface area contributed by atoms with Gasteiger partial charge in [0.1, 0.15) is 0 Å². The quantitative estimate of drug-likeness (QED) is 0.635. The van der Waals surface area contributed by atoms with Crippen molar-refractivity contribution in [3.63, 3.8) is 0 Å². The average Bonchev–Trinajstić information content (AvgIpc) is 2.17. The van der Waals surface area contributed by atoms with Crippen LogP contribution >= 0.6 is 0 Å². The van der Waals surface area contributed by atoms with Crippen LogP contribution in [0.3, 0.4) is 0 Å². The molecule has 0 aliphatic rings. The highest BCUT2D eigenvalue weighted by molar-refractivity contribution is 4.76. The molecule has 0 radical (unpaired) electrons. The monoisotopic (exact) mass is 214 g/mol. The lowest BCUT2D eigenvalue weighted by molar-refractivity contribution is 0.0779. The molecule has 0 aromatic heterocycles. The van der Waals surface area contributed by atoms with Gasteiger partial charge in [0.25, 0.3) is 0 Å². The predicted octanol–water partition coefficient (Wildman–Crippen LogP) is 4.39. The molecule has 0 saturated heterocycles. The van der Waals surface area contributed by atoms with Crippen LogP contribution in [0, 0.1) is 11.3 Å². The number of aliphatic hydroxyl groups is 1. The standard InChI is InChI=1S/C14H30O/c1-6-9-14(5,8-3)11-13(15)10-12(4)7-2/h12-13,15H,6-11H2,1-5H3. The highest BCUT2D eigenvalue weighted by Gasteiger charge is 2.25. The van der Waals surface area contributed by atoms with Crippen molar-refractivity contribution in [2.75, 3.05) is 0 Å². The summed E-state index contributed by atoms with van der Waals surface area (Å²) in [5, 5.41) is 10.0. The zero-order chi connectivity index (χ0) is 11.9. The van der Waals surface area contributed by atoms with Crippen molar-refractivity contribution >= 4 is 0 Å². The third-order valence-electron chi connectivity index (χ3n) is 3.81. The van der Waals surface area contributed by atoms with Crippen molar-refractivity contribution in [3.05, 3.63) is 0 Å². The van der Waals surface area contributed by atoms with Gasteiger partial charge in [0.05, 0.1) is 6.10 Å². The summed E-state index contributed by atoms with van der Waals surface area (Å²) in [5.41, 5.74) is 0.349. The first-order valence-corrected chi connectivity index (χ1v) is 6.65. The van der Waals surface area contributed by atoms with Gasteiger partial charge in [-0.05, 0) is 30.6 Å². The Labute approximate surface area is 96.3 Å². The third-order valence-corrected chi connectivity index (χ3v) is 3.81. The van der Waals surface area contributed by atoms with Crippen LogP contribution in [0.5, 0.6) is 0 Å². The molecule has 15 heavy (non-hydrogen) atoms. The molecule has 0 spiro atoms. The first-order valence-electron chi connectivity index (χ1n) is 6.65. The lowest BCUT2D eigenvalue weighted by Gasteiger charge is -2.31. The Morgan fingerprint density at radius 1 is 1.20 bits per heavy atom. The van der Waals surface area contributed by atoms with E-state index in [1.54, 1.807) is 0 Å². The van der Waals surface area contributed by atoms with Crippen LogP contribution < -0.4 is 0 Å². The van der Waals surface area contributed by atoms with Gasteiger partial charge in [0.15, 0.2) is 0 Å². The minimum absolute atomic E-state index is 0.101. The van der Waals surface area contributed by atoms with Gasteiger partial charge in [-0.25, -0.2) is 0 Å². The summed E-state index contributed by atoms with van der Waals surface area (Å²) < 4.78 is 0. The lowest BCUT2D eigenvalue weighted by atomic mass is 9.77. The van der Waals surface area contributed by atoms with Crippen LogP contribution in [0.25, 0.3) is 0 Å². The Morgan fingerprint density at radius 3 is 2.20 bits per heavy atom. The summed E-state index contributed by atoms with van der Waals surface area (Å²) in [6.45, 7) is 11.2. The minimum atomic E-state index is -0.101. The molecule has 0 amide bonds. The van der Waals surface area contributed by atoms with Crippen molar-refractivity contribution in [1.29, 1.82) is 0 Å². The zero-order valence-electron chi connectivity index (χ0n) is 11.3. The van der Waals surface area contributed by atoms with Gasteiger partial charge in [0, 0.05) is 0 Å². The second-order valence-electron chi connectivity index (χ2n) is 5.52. The van der Waals surface area contributed by atoms with E-state index in [0.29, 0.717) is 11.3 Å². The first kappa shape index (κ1) is 15.0. The van der Waals surface area contributed by atoms with E-state index in [2.05, 4.69) is 34.6 Å². The summed E-state index contributed by atoms with van der Waals surface area (Å²) in [7, 11) is 0. The Kier molecular flexibility index (Phi) is 7.25. The van der Waals surface area contributed by atoms with Crippen molar-refractivity contribution in [2.45, 2.75) is 79.2 Å². The molecule has 0 saturated carbocycles. The predicted molar refractivity (Wildman–Crippen MR) is 68.0 cm³/mol. The Balaban J connectivity index is 4.05. The molecule has 0 aromatic carbocycles. The summed E-state index contributed by atoms with van der Waals surface area (Å²) in [5.74, 6) is 0.655. The van der Waals surface area contributed by atoms with E-state index in [1.807, 2.05) is 0 Å². The van der Waals surface area contributed by atoms with Gasteiger partial charge in [0.2, 0.25) is 0 Å². The van der Waals surface area contributed by atoms with Gasteiger partial charge in [-0.1, -0.05) is 53.9 Å². The van der Waals surface area contributed by atoms with Crippen LogP contribution in [-0.4, -0.2) is 11.2 Å². The van der Waals surface area contributed by atoms with Crippen molar-refractivity contribution < 1.29 is 5.11 Å². The maximum Gasteiger partial charge on any atom is 0.0548 e. The molecule has 1 nitrogen and oxygen atoms in total. The Bertz CT molecular complexity index is 155. The molecule has 0 bridgehead atoms. The van der Waals surface area contributed by atoms with E-state index >= 15 is 0 Å². The highest BCUT2D eigenvalue weighted by Crippen LogP contribution is 2.34. The molecule has 1 heteroatoms. The molecular formula is C14H30O. The molecule has 0 aromatic rings. The fourth-order valence-electron chi connectivity index (χ4n) is 2.31. The second kappa shape index (κ2) is 7.27. The Hall–Kier alpha value is -0.0400. The molecule has 1 N–H and O–H groups in total. The topological polar surface area (TPSA) is 20.2 Å². The number of hydrogen-bond donors (Lipinski definition) is 1. The molecule has 0 aliphatic carbocycles. The summed E-state index contributed by atoms with van der Waals surface area (Å²) >= 11 is 0. The van der Waals surface area contributed by atoms with Gasteiger partial charge in [-0.15, -0.1) is 0 Å². The van der Waals surface area contributed by atoms with E-state index in [9.17, 15) is 5.11 Å². The summed E-state index contributed by atoms with van der Waals surface area (Å²) in [6, 6.07) is 0.